The van der Waals surface area contributed by atoms with Crippen LogP contribution in [0.1, 0.15) is 70.6 Å². The first-order chi connectivity index (χ1) is 16.9. The largest absolute Gasteiger partial charge is 0.393 e. The van der Waals surface area contributed by atoms with Crippen LogP contribution in [0.5, 0.6) is 0 Å². The van der Waals surface area contributed by atoms with Gasteiger partial charge in [0.1, 0.15) is 0 Å². The molecule has 5 rings (SSSR count). The number of carbonyl (C=O) groups excluding carboxylic acids is 2. The third kappa shape index (κ3) is 5.71. The second-order valence-corrected chi connectivity index (χ2v) is 12.1. The summed E-state index contributed by atoms with van der Waals surface area (Å²) in [7, 11) is 1.86. The zero-order valence-electron chi connectivity index (χ0n) is 21.3. The Kier molecular flexibility index (Phi) is 8.02. The van der Waals surface area contributed by atoms with Crippen molar-refractivity contribution in [2.24, 2.45) is 23.7 Å². The van der Waals surface area contributed by atoms with E-state index in [4.69, 9.17) is 4.74 Å². The number of aliphatic hydroxyl groups excluding tert-OH is 2. The monoisotopic (exact) mass is 491 g/mol. The van der Waals surface area contributed by atoms with E-state index in [0.717, 1.165) is 32.4 Å². The lowest BCUT2D eigenvalue weighted by atomic mass is 9.78. The van der Waals surface area contributed by atoms with Gasteiger partial charge in [-0.25, -0.2) is 0 Å². The number of nitrogens with zero attached hydrogens (tertiary/aromatic N) is 2. The number of likely N-dealkylation sites (tertiary alicyclic amines) is 2. The highest BCUT2D eigenvalue weighted by molar-refractivity contribution is 5.80. The molecule has 2 heterocycles. The standard InChI is InChI=1S/C27H45N3O5/c1-29-14-19(10-25(29)33)28-22-9-5-8-18-13-30(15-21(18)22)27(34)26-23(32)11-20(31)12-24(26)35-16-17-6-3-2-4-7-17/h17-24,26,28,31-32H,2-16H2,1H3. The van der Waals surface area contributed by atoms with Crippen molar-refractivity contribution in [3.63, 3.8) is 0 Å². The Labute approximate surface area is 209 Å². The van der Waals surface area contributed by atoms with Gasteiger partial charge < -0.3 is 30.1 Å². The van der Waals surface area contributed by atoms with Crippen molar-refractivity contribution in [3.05, 3.63) is 0 Å². The predicted octanol–water partition coefficient (Wildman–Crippen LogP) is 1.53. The van der Waals surface area contributed by atoms with E-state index in [1.54, 1.807) is 4.90 Å². The molecular weight excluding hydrogens is 446 g/mol. The fourth-order valence-electron chi connectivity index (χ4n) is 7.64. The quantitative estimate of drug-likeness (QED) is 0.521. The average Bonchev–Trinajstić information content (AvgIpc) is 3.41. The van der Waals surface area contributed by atoms with E-state index in [9.17, 15) is 19.8 Å². The van der Waals surface area contributed by atoms with E-state index < -0.39 is 24.2 Å². The molecule has 3 N–H and O–H groups in total. The summed E-state index contributed by atoms with van der Waals surface area (Å²) in [5, 5.41) is 25.0. The van der Waals surface area contributed by atoms with Crippen molar-refractivity contribution in [1.29, 1.82) is 0 Å². The van der Waals surface area contributed by atoms with Gasteiger partial charge in [0.15, 0.2) is 0 Å². The summed E-state index contributed by atoms with van der Waals surface area (Å²) < 4.78 is 6.29. The summed E-state index contributed by atoms with van der Waals surface area (Å²) in [6.45, 7) is 2.83. The molecule has 2 aliphatic heterocycles. The molecule has 0 aromatic rings. The SMILES string of the molecule is CN1CC(NC2CCCC3CN(C(=O)C4C(O)CC(O)CC4OCC4CCCCC4)CC32)CC1=O. The second kappa shape index (κ2) is 11.0. The van der Waals surface area contributed by atoms with E-state index in [0.29, 0.717) is 49.8 Å². The van der Waals surface area contributed by atoms with Gasteiger partial charge in [0.2, 0.25) is 11.8 Å². The highest BCUT2D eigenvalue weighted by atomic mass is 16.5. The molecule has 35 heavy (non-hydrogen) atoms. The van der Waals surface area contributed by atoms with Gasteiger partial charge in [-0.2, -0.15) is 0 Å². The Morgan fingerprint density at radius 2 is 1.83 bits per heavy atom. The smallest absolute Gasteiger partial charge is 0.230 e. The van der Waals surface area contributed by atoms with E-state index in [1.807, 2.05) is 11.9 Å². The maximum absolute atomic E-state index is 13.8. The van der Waals surface area contributed by atoms with Crippen LogP contribution < -0.4 is 5.32 Å². The zero-order valence-corrected chi connectivity index (χ0v) is 21.3. The molecule has 8 nitrogen and oxygen atoms in total. The van der Waals surface area contributed by atoms with Crippen LogP contribution in [0.15, 0.2) is 0 Å². The van der Waals surface area contributed by atoms with Crippen LogP contribution >= 0.6 is 0 Å². The molecule has 5 fully saturated rings. The molecule has 0 spiro atoms. The normalized spacial score (nSPS) is 40.8. The van der Waals surface area contributed by atoms with Crippen molar-refractivity contribution in [3.8, 4) is 0 Å². The third-order valence-electron chi connectivity index (χ3n) is 9.59. The topological polar surface area (TPSA) is 102 Å². The number of fused-ring (bicyclic) bond motifs is 1. The number of nitrogens with one attached hydrogen (secondary N) is 1. The van der Waals surface area contributed by atoms with Crippen molar-refractivity contribution in [1.82, 2.24) is 15.1 Å². The first kappa shape index (κ1) is 25.4. The maximum Gasteiger partial charge on any atom is 0.230 e. The number of rotatable bonds is 6. The Hall–Kier alpha value is -1.22. The number of hydrogen-bond acceptors (Lipinski definition) is 6. The van der Waals surface area contributed by atoms with Gasteiger partial charge in [0.05, 0.1) is 24.2 Å². The van der Waals surface area contributed by atoms with Crippen LogP contribution in [0.2, 0.25) is 0 Å². The lowest BCUT2D eigenvalue weighted by Gasteiger charge is -2.39. The summed E-state index contributed by atoms with van der Waals surface area (Å²) in [6, 6.07) is 0.521. The number of amides is 2. The van der Waals surface area contributed by atoms with Crippen LogP contribution in [-0.4, -0.2) is 95.5 Å². The van der Waals surface area contributed by atoms with Crippen LogP contribution in [-0.2, 0) is 14.3 Å². The second-order valence-electron chi connectivity index (χ2n) is 12.1. The fourth-order valence-corrected chi connectivity index (χ4v) is 7.64. The minimum absolute atomic E-state index is 0.00183. The summed E-state index contributed by atoms with van der Waals surface area (Å²) in [5.41, 5.74) is 0. The molecule has 2 saturated heterocycles. The molecule has 0 aromatic carbocycles. The highest BCUT2D eigenvalue weighted by Crippen LogP contribution is 2.39. The molecule has 2 amide bonds. The molecule has 3 aliphatic carbocycles. The highest BCUT2D eigenvalue weighted by Gasteiger charge is 2.48. The predicted molar refractivity (Wildman–Crippen MR) is 131 cm³/mol. The van der Waals surface area contributed by atoms with Gasteiger partial charge in [0, 0.05) is 64.6 Å². The number of hydrogen-bond donors (Lipinski definition) is 3. The van der Waals surface area contributed by atoms with Crippen LogP contribution in [0.3, 0.4) is 0 Å². The first-order valence-corrected chi connectivity index (χ1v) is 14.2. The van der Waals surface area contributed by atoms with E-state index in [1.165, 1.54) is 32.1 Å². The van der Waals surface area contributed by atoms with E-state index in [-0.39, 0.29) is 24.3 Å². The molecule has 0 bridgehead atoms. The maximum atomic E-state index is 13.8. The number of carbonyl (C=O) groups is 2. The Morgan fingerprint density at radius 1 is 1.03 bits per heavy atom. The molecule has 3 saturated carbocycles. The number of aliphatic hydroxyl groups is 2. The van der Waals surface area contributed by atoms with Crippen molar-refractivity contribution in [2.45, 2.75) is 101 Å². The molecule has 5 aliphatic rings. The van der Waals surface area contributed by atoms with Crippen LogP contribution in [0, 0.1) is 23.7 Å². The van der Waals surface area contributed by atoms with E-state index in [2.05, 4.69) is 5.32 Å². The Morgan fingerprint density at radius 3 is 2.57 bits per heavy atom. The Balaban J connectivity index is 1.22. The van der Waals surface area contributed by atoms with Crippen LogP contribution in [0.25, 0.3) is 0 Å². The molecule has 8 unspecified atom stereocenters. The van der Waals surface area contributed by atoms with Crippen LogP contribution in [0.4, 0.5) is 0 Å². The first-order valence-electron chi connectivity index (χ1n) is 14.2. The van der Waals surface area contributed by atoms with Crippen molar-refractivity contribution < 1.29 is 24.5 Å². The van der Waals surface area contributed by atoms with E-state index >= 15 is 0 Å². The summed E-state index contributed by atoms with van der Waals surface area (Å²) in [6.07, 6.45) is 8.80. The average molecular weight is 492 g/mol. The van der Waals surface area contributed by atoms with Gasteiger partial charge in [-0.05, 0) is 43.4 Å². The molecule has 0 aromatic heterocycles. The van der Waals surface area contributed by atoms with Gasteiger partial charge in [-0.3, -0.25) is 9.59 Å². The zero-order chi connectivity index (χ0) is 24.5. The lowest BCUT2D eigenvalue weighted by molar-refractivity contribution is -0.158. The third-order valence-corrected chi connectivity index (χ3v) is 9.59. The van der Waals surface area contributed by atoms with Gasteiger partial charge >= 0.3 is 0 Å². The Bertz CT molecular complexity index is 759. The minimum atomic E-state index is -0.862. The fraction of sp³-hybridized carbons (Fsp3) is 0.926. The molecule has 0 radical (unpaired) electrons. The lowest BCUT2D eigenvalue weighted by Crippen LogP contribution is -2.52. The van der Waals surface area contributed by atoms with Gasteiger partial charge in [0.25, 0.3) is 0 Å². The number of likely N-dealkylation sites (N-methyl/N-ethyl adjacent to an activating group) is 1. The van der Waals surface area contributed by atoms with Gasteiger partial charge in [-0.1, -0.05) is 25.7 Å². The van der Waals surface area contributed by atoms with Crippen molar-refractivity contribution in [2.75, 3.05) is 33.3 Å². The minimum Gasteiger partial charge on any atom is -0.393 e. The summed E-state index contributed by atoms with van der Waals surface area (Å²) >= 11 is 0. The summed E-state index contributed by atoms with van der Waals surface area (Å²) in [5.74, 6) is 0.996. The number of ether oxygens (including phenoxy) is 1. The van der Waals surface area contributed by atoms with Gasteiger partial charge in [-0.15, -0.1) is 0 Å². The summed E-state index contributed by atoms with van der Waals surface area (Å²) in [4.78, 5) is 29.6. The molecule has 8 heteroatoms. The molecular formula is C27H45N3O5. The molecule has 198 valence electrons. The molecule has 8 atom stereocenters. The van der Waals surface area contributed by atoms with Crippen molar-refractivity contribution >= 4 is 11.8 Å².